The quantitative estimate of drug-likeness (QED) is 0.807. The number of rotatable bonds is 5. The molecule has 0 spiro atoms. The van der Waals surface area contributed by atoms with Gasteiger partial charge in [0.25, 0.3) is 0 Å². The molecule has 1 aliphatic heterocycles. The van der Waals surface area contributed by atoms with Gasteiger partial charge in [-0.3, -0.25) is 4.90 Å². The Balaban J connectivity index is 1.75. The summed E-state index contributed by atoms with van der Waals surface area (Å²) in [5.41, 5.74) is 1.96. The van der Waals surface area contributed by atoms with Crippen molar-refractivity contribution in [3.05, 3.63) is 35.4 Å². The van der Waals surface area contributed by atoms with Gasteiger partial charge in [0, 0.05) is 45.8 Å². The van der Waals surface area contributed by atoms with E-state index in [0.717, 1.165) is 25.2 Å². The molecule has 2 rings (SSSR count). The predicted octanol–water partition coefficient (Wildman–Crippen LogP) is 1.24. The summed E-state index contributed by atoms with van der Waals surface area (Å²) >= 11 is 0. The SMILES string of the molecule is CN1CCN(CCN(C)Cc2cccc(C#N)c2)CC1. The third-order valence-electron chi connectivity index (χ3n) is 3.90. The number of hydrogen-bond acceptors (Lipinski definition) is 4. The van der Waals surface area contributed by atoms with Gasteiger partial charge in [0.05, 0.1) is 11.6 Å². The molecule has 0 bridgehead atoms. The predicted molar refractivity (Wildman–Crippen MR) is 81.4 cm³/mol. The minimum atomic E-state index is 0.745. The summed E-state index contributed by atoms with van der Waals surface area (Å²) < 4.78 is 0. The summed E-state index contributed by atoms with van der Waals surface area (Å²) in [6, 6.07) is 10.1. The maximum absolute atomic E-state index is 8.92. The molecule has 0 aliphatic carbocycles. The van der Waals surface area contributed by atoms with Crippen molar-refractivity contribution >= 4 is 0 Å². The average Bonchev–Trinajstić information content (AvgIpc) is 2.47. The molecule has 1 aromatic carbocycles. The summed E-state index contributed by atoms with van der Waals surface area (Å²) in [6.07, 6.45) is 0. The topological polar surface area (TPSA) is 33.5 Å². The Labute approximate surface area is 122 Å². The molecule has 0 aromatic heterocycles. The van der Waals surface area contributed by atoms with E-state index in [0.29, 0.717) is 0 Å². The molecule has 0 N–H and O–H groups in total. The van der Waals surface area contributed by atoms with E-state index in [-0.39, 0.29) is 0 Å². The van der Waals surface area contributed by atoms with Crippen molar-refractivity contribution in [2.45, 2.75) is 6.54 Å². The summed E-state index contributed by atoms with van der Waals surface area (Å²) in [5, 5.41) is 8.92. The molecular formula is C16H24N4. The summed E-state index contributed by atoms with van der Waals surface area (Å²) in [4.78, 5) is 7.24. The molecule has 1 aromatic rings. The van der Waals surface area contributed by atoms with Gasteiger partial charge in [-0.1, -0.05) is 12.1 Å². The number of nitrogens with zero attached hydrogens (tertiary/aromatic N) is 4. The monoisotopic (exact) mass is 272 g/mol. The maximum Gasteiger partial charge on any atom is 0.0991 e. The second-order valence-electron chi connectivity index (χ2n) is 5.69. The van der Waals surface area contributed by atoms with Crippen LogP contribution in [0.3, 0.4) is 0 Å². The van der Waals surface area contributed by atoms with Gasteiger partial charge < -0.3 is 9.80 Å². The van der Waals surface area contributed by atoms with Crippen LogP contribution in [-0.2, 0) is 6.54 Å². The second-order valence-corrected chi connectivity index (χ2v) is 5.69. The number of hydrogen-bond donors (Lipinski definition) is 0. The molecule has 0 saturated carbocycles. The first-order chi connectivity index (χ1) is 9.67. The van der Waals surface area contributed by atoms with Crippen LogP contribution in [0.4, 0.5) is 0 Å². The van der Waals surface area contributed by atoms with E-state index in [2.05, 4.69) is 40.9 Å². The van der Waals surface area contributed by atoms with E-state index >= 15 is 0 Å². The lowest BCUT2D eigenvalue weighted by Gasteiger charge is -2.33. The van der Waals surface area contributed by atoms with Crippen LogP contribution in [0.2, 0.25) is 0 Å². The normalized spacial score (nSPS) is 17.3. The number of piperazine rings is 1. The average molecular weight is 272 g/mol. The van der Waals surface area contributed by atoms with Crippen molar-refractivity contribution in [3.8, 4) is 6.07 Å². The molecule has 0 amide bonds. The van der Waals surface area contributed by atoms with Crippen LogP contribution in [0.5, 0.6) is 0 Å². The highest BCUT2D eigenvalue weighted by Crippen LogP contribution is 2.07. The van der Waals surface area contributed by atoms with Crippen molar-refractivity contribution in [1.82, 2.24) is 14.7 Å². The summed E-state index contributed by atoms with van der Waals surface area (Å²) in [5.74, 6) is 0. The first-order valence-corrected chi connectivity index (χ1v) is 7.26. The van der Waals surface area contributed by atoms with Gasteiger partial charge in [-0.15, -0.1) is 0 Å². The van der Waals surface area contributed by atoms with Crippen LogP contribution in [0.15, 0.2) is 24.3 Å². The Morgan fingerprint density at radius 2 is 2.00 bits per heavy atom. The second kappa shape index (κ2) is 7.39. The molecule has 1 aliphatic rings. The first-order valence-electron chi connectivity index (χ1n) is 7.26. The lowest BCUT2D eigenvalue weighted by molar-refractivity contribution is 0.139. The van der Waals surface area contributed by atoms with E-state index in [9.17, 15) is 0 Å². The smallest absolute Gasteiger partial charge is 0.0991 e. The lowest BCUT2D eigenvalue weighted by atomic mass is 10.1. The fraction of sp³-hybridized carbons (Fsp3) is 0.562. The third kappa shape index (κ3) is 4.61. The highest BCUT2D eigenvalue weighted by molar-refractivity contribution is 5.32. The van der Waals surface area contributed by atoms with Crippen LogP contribution in [0.25, 0.3) is 0 Å². The van der Waals surface area contributed by atoms with Gasteiger partial charge in [-0.25, -0.2) is 0 Å². The van der Waals surface area contributed by atoms with E-state index < -0.39 is 0 Å². The summed E-state index contributed by atoms with van der Waals surface area (Å²) in [6.45, 7) is 7.80. The van der Waals surface area contributed by atoms with Gasteiger partial charge in [0.1, 0.15) is 0 Å². The Bertz CT molecular complexity index is 458. The molecule has 0 atom stereocenters. The molecule has 0 radical (unpaired) electrons. The zero-order valence-corrected chi connectivity index (χ0v) is 12.5. The summed E-state index contributed by atoms with van der Waals surface area (Å²) in [7, 11) is 4.33. The van der Waals surface area contributed by atoms with Crippen molar-refractivity contribution < 1.29 is 0 Å². The molecule has 1 heterocycles. The number of nitriles is 1. The van der Waals surface area contributed by atoms with Crippen molar-refractivity contribution in [2.75, 3.05) is 53.4 Å². The molecule has 1 saturated heterocycles. The minimum absolute atomic E-state index is 0.745. The van der Waals surface area contributed by atoms with Crippen LogP contribution in [-0.4, -0.2) is 68.1 Å². The van der Waals surface area contributed by atoms with Crippen molar-refractivity contribution in [1.29, 1.82) is 5.26 Å². The van der Waals surface area contributed by atoms with Crippen molar-refractivity contribution in [2.24, 2.45) is 0 Å². The first kappa shape index (κ1) is 15.0. The zero-order valence-electron chi connectivity index (χ0n) is 12.5. The molecule has 108 valence electrons. The van der Waals surface area contributed by atoms with Gasteiger partial charge in [-0.2, -0.15) is 5.26 Å². The van der Waals surface area contributed by atoms with Crippen LogP contribution < -0.4 is 0 Å². The zero-order chi connectivity index (χ0) is 14.4. The van der Waals surface area contributed by atoms with Gasteiger partial charge in [0.2, 0.25) is 0 Å². The van der Waals surface area contributed by atoms with Crippen LogP contribution in [0.1, 0.15) is 11.1 Å². The van der Waals surface area contributed by atoms with E-state index in [1.54, 1.807) is 0 Å². The van der Waals surface area contributed by atoms with Gasteiger partial charge in [-0.05, 0) is 31.8 Å². The van der Waals surface area contributed by atoms with E-state index in [4.69, 9.17) is 5.26 Å². The molecule has 1 fully saturated rings. The standard InChI is InChI=1S/C16H24N4/c1-18-6-9-20(10-7-18)11-8-19(2)14-16-5-3-4-15(12-16)13-17/h3-5,12H,6-11,14H2,1-2H3. The largest absolute Gasteiger partial charge is 0.304 e. The van der Waals surface area contributed by atoms with Crippen LogP contribution in [0, 0.1) is 11.3 Å². The maximum atomic E-state index is 8.92. The van der Waals surface area contributed by atoms with Crippen molar-refractivity contribution in [3.63, 3.8) is 0 Å². The Kier molecular flexibility index (Phi) is 5.54. The Morgan fingerprint density at radius 3 is 2.70 bits per heavy atom. The van der Waals surface area contributed by atoms with Crippen LogP contribution >= 0.6 is 0 Å². The highest BCUT2D eigenvalue weighted by atomic mass is 15.3. The molecule has 20 heavy (non-hydrogen) atoms. The van der Waals surface area contributed by atoms with E-state index in [1.807, 2.05) is 18.2 Å². The van der Waals surface area contributed by atoms with Gasteiger partial charge >= 0.3 is 0 Å². The van der Waals surface area contributed by atoms with Gasteiger partial charge in [0.15, 0.2) is 0 Å². The highest BCUT2D eigenvalue weighted by Gasteiger charge is 2.13. The fourth-order valence-corrected chi connectivity index (χ4v) is 2.51. The number of benzene rings is 1. The Hall–Kier alpha value is -1.41. The fourth-order valence-electron chi connectivity index (χ4n) is 2.51. The Morgan fingerprint density at radius 1 is 1.25 bits per heavy atom. The molecular weight excluding hydrogens is 248 g/mol. The molecule has 0 unspecified atom stereocenters. The lowest BCUT2D eigenvalue weighted by Crippen LogP contribution is -2.46. The number of likely N-dealkylation sites (N-methyl/N-ethyl adjacent to an activating group) is 2. The molecule has 4 heteroatoms. The minimum Gasteiger partial charge on any atom is -0.304 e. The van der Waals surface area contributed by atoms with E-state index in [1.165, 1.54) is 31.7 Å². The molecule has 4 nitrogen and oxygen atoms in total. The third-order valence-corrected chi connectivity index (χ3v) is 3.90.